The van der Waals surface area contributed by atoms with E-state index in [2.05, 4.69) is 15.3 Å². The molecule has 23 heavy (non-hydrogen) atoms. The van der Waals surface area contributed by atoms with Gasteiger partial charge < -0.3 is 15.3 Å². The Hall–Kier alpha value is -1.99. The Morgan fingerprint density at radius 1 is 1.39 bits per heavy atom. The van der Waals surface area contributed by atoms with E-state index in [0.29, 0.717) is 31.9 Å². The monoisotopic (exact) mass is 332 g/mol. The van der Waals surface area contributed by atoms with Crippen molar-refractivity contribution < 1.29 is 9.90 Å². The van der Waals surface area contributed by atoms with Gasteiger partial charge in [0.15, 0.2) is 0 Å². The lowest BCUT2D eigenvalue weighted by molar-refractivity contribution is -0.122. The summed E-state index contributed by atoms with van der Waals surface area (Å²) in [5.74, 6) is 0.591. The van der Waals surface area contributed by atoms with E-state index < -0.39 is 5.60 Å². The Balaban J connectivity index is 1.45. The standard InChI is InChI=1S/C16H20N4O2S/c21-14(5-4-13-3-1-10-23-13)19-11-16(22)6-9-20(12-16)15-17-7-2-8-18-15/h1-3,7-8,10,22H,4-6,9,11-12H2,(H,19,21). The number of hydrogen-bond acceptors (Lipinski definition) is 6. The van der Waals surface area contributed by atoms with Crippen LogP contribution in [0.15, 0.2) is 36.0 Å². The van der Waals surface area contributed by atoms with Crippen molar-refractivity contribution in [2.75, 3.05) is 24.5 Å². The highest BCUT2D eigenvalue weighted by atomic mass is 32.1. The van der Waals surface area contributed by atoms with Gasteiger partial charge in [0.1, 0.15) is 5.60 Å². The SMILES string of the molecule is O=C(CCc1cccs1)NCC1(O)CCN(c2ncccn2)C1. The van der Waals surface area contributed by atoms with Crippen LogP contribution in [0.2, 0.25) is 0 Å². The largest absolute Gasteiger partial charge is 0.386 e. The van der Waals surface area contributed by atoms with Crippen LogP contribution in [0.5, 0.6) is 0 Å². The van der Waals surface area contributed by atoms with Gasteiger partial charge in [-0.05, 0) is 30.4 Å². The first-order valence-electron chi connectivity index (χ1n) is 7.68. The normalized spacial score (nSPS) is 20.7. The lowest BCUT2D eigenvalue weighted by Crippen LogP contribution is -2.45. The minimum atomic E-state index is -0.919. The molecule has 2 aromatic heterocycles. The number of carbonyl (C=O) groups excluding carboxylic acids is 1. The van der Waals surface area contributed by atoms with Crippen molar-refractivity contribution in [3.63, 3.8) is 0 Å². The lowest BCUT2D eigenvalue weighted by atomic mass is 10.0. The van der Waals surface area contributed by atoms with Crippen LogP contribution < -0.4 is 10.2 Å². The Bertz CT molecular complexity index is 635. The van der Waals surface area contributed by atoms with Gasteiger partial charge >= 0.3 is 0 Å². The van der Waals surface area contributed by atoms with Crippen molar-refractivity contribution in [3.05, 3.63) is 40.8 Å². The number of hydrogen-bond donors (Lipinski definition) is 2. The molecule has 0 spiro atoms. The fourth-order valence-corrected chi connectivity index (χ4v) is 3.38. The van der Waals surface area contributed by atoms with Crippen LogP contribution in [-0.2, 0) is 11.2 Å². The topological polar surface area (TPSA) is 78.4 Å². The summed E-state index contributed by atoms with van der Waals surface area (Å²) in [5.41, 5.74) is -0.919. The van der Waals surface area contributed by atoms with Gasteiger partial charge in [0.2, 0.25) is 11.9 Å². The van der Waals surface area contributed by atoms with Crippen LogP contribution in [0.4, 0.5) is 5.95 Å². The highest BCUT2D eigenvalue weighted by Crippen LogP contribution is 2.23. The van der Waals surface area contributed by atoms with Gasteiger partial charge in [0.05, 0.1) is 6.54 Å². The van der Waals surface area contributed by atoms with Gasteiger partial charge in [0, 0.05) is 36.8 Å². The third-order valence-corrected chi connectivity index (χ3v) is 4.90. The first-order chi connectivity index (χ1) is 11.1. The number of nitrogens with one attached hydrogen (secondary N) is 1. The second-order valence-electron chi connectivity index (χ2n) is 5.80. The summed E-state index contributed by atoms with van der Waals surface area (Å²) in [5, 5.41) is 15.5. The molecule has 3 heterocycles. The van der Waals surface area contributed by atoms with Gasteiger partial charge in [-0.1, -0.05) is 6.07 Å². The highest BCUT2D eigenvalue weighted by Gasteiger charge is 2.37. The average molecular weight is 332 g/mol. The van der Waals surface area contributed by atoms with Crippen molar-refractivity contribution >= 4 is 23.2 Å². The fourth-order valence-electron chi connectivity index (χ4n) is 2.67. The maximum Gasteiger partial charge on any atom is 0.225 e. The minimum Gasteiger partial charge on any atom is -0.386 e. The summed E-state index contributed by atoms with van der Waals surface area (Å²) < 4.78 is 0. The van der Waals surface area contributed by atoms with E-state index >= 15 is 0 Å². The molecule has 1 aliphatic rings. The molecule has 0 aliphatic carbocycles. The number of nitrogens with zero attached hydrogens (tertiary/aromatic N) is 3. The number of aromatic nitrogens is 2. The molecule has 1 unspecified atom stereocenters. The van der Waals surface area contributed by atoms with Crippen LogP contribution in [0, 0.1) is 0 Å². The molecule has 0 radical (unpaired) electrons. The molecular weight excluding hydrogens is 312 g/mol. The summed E-state index contributed by atoms with van der Waals surface area (Å²) >= 11 is 1.66. The Labute approximate surface area is 139 Å². The predicted molar refractivity (Wildman–Crippen MR) is 89.5 cm³/mol. The van der Waals surface area contributed by atoms with E-state index in [9.17, 15) is 9.90 Å². The zero-order valence-electron chi connectivity index (χ0n) is 12.8. The van der Waals surface area contributed by atoms with Crippen LogP contribution in [0.1, 0.15) is 17.7 Å². The zero-order valence-corrected chi connectivity index (χ0v) is 13.6. The molecule has 0 aromatic carbocycles. The number of rotatable bonds is 6. The first-order valence-corrected chi connectivity index (χ1v) is 8.56. The van der Waals surface area contributed by atoms with Crippen LogP contribution >= 0.6 is 11.3 Å². The number of aliphatic hydroxyl groups is 1. The number of amides is 1. The quantitative estimate of drug-likeness (QED) is 0.832. The molecule has 1 aliphatic heterocycles. The summed E-state index contributed by atoms with van der Waals surface area (Å²) in [6.07, 6.45) is 5.16. The Morgan fingerprint density at radius 2 is 2.22 bits per heavy atom. The van der Waals surface area contributed by atoms with E-state index in [1.165, 1.54) is 4.88 Å². The number of carbonyl (C=O) groups is 1. The van der Waals surface area contributed by atoms with E-state index in [-0.39, 0.29) is 12.5 Å². The van der Waals surface area contributed by atoms with Gasteiger partial charge in [0.25, 0.3) is 0 Å². The molecule has 3 rings (SSSR count). The molecule has 1 fully saturated rings. The van der Waals surface area contributed by atoms with Crippen LogP contribution in [-0.4, -0.2) is 46.2 Å². The van der Waals surface area contributed by atoms with E-state index in [1.54, 1.807) is 29.8 Å². The molecule has 1 atom stereocenters. The minimum absolute atomic E-state index is 0.0266. The smallest absolute Gasteiger partial charge is 0.225 e. The molecule has 2 N–H and O–H groups in total. The van der Waals surface area contributed by atoms with E-state index in [0.717, 1.165) is 6.42 Å². The molecule has 6 nitrogen and oxygen atoms in total. The summed E-state index contributed by atoms with van der Waals surface area (Å²) in [4.78, 5) is 23.5. The van der Waals surface area contributed by atoms with Gasteiger partial charge in [-0.2, -0.15) is 0 Å². The number of aryl methyl sites for hydroxylation is 1. The molecular formula is C16H20N4O2S. The summed E-state index contributed by atoms with van der Waals surface area (Å²) in [7, 11) is 0. The van der Waals surface area contributed by atoms with Crippen molar-refractivity contribution in [2.24, 2.45) is 0 Å². The van der Waals surface area contributed by atoms with Crippen molar-refractivity contribution in [1.82, 2.24) is 15.3 Å². The average Bonchev–Trinajstić information content (AvgIpc) is 3.22. The maximum atomic E-state index is 11.9. The van der Waals surface area contributed by atoms with E-state index in [4.69, 9.17) is 0 Å². The van der Waals surface area contributed by atoms with Gasteiger partial charge in [-0.15, -0.1) is 11.3 Å². The van der Waals surface area contributed by atoms with Crippen molar-refractivity contribution in [2.45, 2.75) is 24.9 Å². The van der Waals surface area contributed by atoms with Crippen LogP contribution in [0.3, 0.4) is 0 Å². The zero-order chi connectivity index (χ0) is 16.1. The molecule has 122 valence electrons. The second kappa shape index (κ2) is 7.06. The van der Waals surface area contributed by atoms with Crippen molar-refractivity contribution in [3.8, 4) is 0 Å². The molecule has 0 saturated carbocycles. The van der Waals surface area contributed by atoms with E-state index in [1.807, 2.05) is 22.4 Å². The first kappa shape index (κ1) is 15.9. The lowest BCUT2D eigenvalue weighted by Gasteiger charge is -2.23. The molecule has 0 bridgehead atoms. The Morgan fingerprint density at radius 3 is 2.96 bits per heavy atom. The third kappa shape index (κ3) is 4.27. The summed E-state index contributed by atoms with van der Waals surface area (Å²) in [6.45, 7) is 1.38. The third-order valence-electron chi connectivity index (χ3n) is 3.96. The molecule has 7 heteroatoms. The molecule has 1 amide bonds. The molecule has 1 saturated heterocycles. The Kier molecular flexibility index (Phi) is 4.88. The van der Waals surface area contributed by atoms with Gasteiger partial charge in [-0.25, -0.2) is 9.97 Å². The number of β-amino-alcohol motifs (C(OH)–C–C–N with tert-alkyl or cyclic N) is 1. The van der Waals surface area contributed by atoms with Gasteiger partial charge in [-0.3, -0.25) is 4.79 Å². The number of anilines is 1. The predicted octanol–water partition coefficient (Wildman–Crippen LogP) is 1.23. The second-order valence-corrected chi connectivity index (χ2v) is 6.83. The fraction of sp³-hybridized carbons (Fsp3) is 0.438. The molecule has 2 aromatic rings. The highest BCUT2D eigenvalue weighted by molar-refractivity contribution is 7.09. The number of thiophene rings is 1. The van der Waals surface area contributed by atoms with Crippen LogP contribution in [0.25, 0.3) is 0 Å². The summed E-state index contributed by atoms with van der Waals surface area (Å²) in [6, 6.07) is 5.78. The van der Waals surface area contributed by atoms with Crippen molar-refractivity contribution in [1.29, 1.82) is 0 Å². The maximum absolute atomic E-state index is 11.9.